The van der Waals surface area contributed by atoms with Crippen LogP contribution in [0.15, 0.2) is 27.5 Å². The molecule has 0 saturated carbocycles. The van der Waals surface area contributed by atoms with Crippen LogP contribution in [0.25, 0.3) is 10.7 Å². The maximum atomic E-state index is 12.5. The van der Waals surface area contributed by atoms with E-state index in [0.717, 1.165) is 11.3 Å². The molecule has 0 aliphatic rings. The number of nitrogens with zero attached hydrogens (tertiary/aromatic N) is 3. The van der Waals surface area contributed by atoms with Crippen LogP contribution in [0.5, 0.6) is 5.75 Å². The largest absolute Gasteiger partial charge is 0.488 e. The second-order valence-corrected chi connectivity index (χ2v) is 7.52. The van der Waals surface area contributed by atoms with Crippen molar-refractivity contribution in [3.05, 3.63) is 39.5 Å². The number of methoxy groups -OCH3 is 1. The number of ether oxygens (including phenoxy) is 1. The van der Waals surface area contributed by atoms with Crippen molar-refractivity contribution in [3.8, 4) is 16.5 Å². The Bertz CT molecular complexity index is 1050. The molecule has 3 aromatic rings. The van der Waals surface area contributed by atoms with E-state index in [2.05, 4.69) is 20.8 Å². The molecule has 3 aromatic heterocycles. The molecular formula is C17H18ClN5O4S. The molecule has 0 spiro atoms. The van der Waals surface area contributed by atoms with E-state index in [0.29, 0.717) is 21.4 Å². The smallest absolute Gasteiger partial charge is 0.381 e. The maximum absolute atomic E-state index is 12.5. The average molecular weight is 424 g/mol. The SMILES string of the molecule is COc1c(NC(C)C)cc(C(=O)Nc2nnc(-c3c(Cl)ccn3C)s2)oc1=O. The third kappa shape index (κ3) is 4.02. The highest BCUT2D eigenvalue weighted by atomic mass is 35.5. The van der Waals surface area contributed by atoms with Gasteiger partial charge < -0.3 is 19.0 Å². The normalized spacial score (nSPS) is 10.9. The maximum Gasteiger partial charge on any atom is 0.381 e. The van der Waals surface area contributed by atoms with Gasteiger partial charge in [0.2, 0.25) is 10.9 Å². The minimum Gasteiger partial charge on any atom is -0.488 e. The summed E-state index contributed by atoms with van der Waals surface area (Å²) in [5.41, 5.74) is 0.304. The van der Waals surface area contributed by atoms with Crippen LogP contribution >= 0.6 is 22.9 Å². The van der Waals surface area contributed by atoms with Crippen LogP contribution in [0.2, 0.25) is 5.02 Å². The van der Waals surface area contributed by atoms with Crippen LogP contribution in [-0.2, 0) is 7.05 Å². The highest BCUT2D eigenvalue weighted by Crippen LogP contribution is 2.32. The molecule has 11 heteroatoms. The fourth-order valence-electron chi connectivity index (χ4n) is 2.49. The number of halogens is 1. The van der Waals surface area contributed by atoms with E-state index < -0.39 is 11.5 Å². The van der Waals surface area contributed by atoms with Gasteiger partial charge in [-0.25, -0.2) is 4.79 Å². The zero-order valence-corrected chi connectivity index (χ0v) is 17.1. The Morgan fingerprint density at radius 1 is 1.39 bits per heavy atom. The molecule has 0 aliphatic carbocycles. The van der Waals surface area contributed by atoms with Crippen LogP contribution in [0, 0.1) is 0 Å². The van der Waals surface area contributed by atoms with E-state index in [1.165, 1.54) is 13.2 Å². The summed E-state index contributed by atoms with van der Waals surface area (Å²) in [5, 5.41) is 15.0. The molecular weight excluding hydrogens is 406 g/mol. The minimum absolute atomic E-state index is 0.00167. The molecule has 28 heavy (non-hydrogen) atoms. The minimum atomic E-state index is -0.758. The van der Waals surface area contributed by atoms with Crippen molar-refractivity contribution in [1.29, 1.82) is 0 Å². The Morgan fingerprint density at radius 3 is 2.75 bits per heavy atom. The number of anilines is 2. The number of amides is 1. The topological polar surface area (TPSA) is 111 Å². The van der Waals surface area contributed by atoms with Gasteiger partial charge in [-0.15, -0.1) is 10.2 Å². The molecule has 0 radical (unpaired) electrons. The zero-order chi connectivity index (χ0) is 20.4. The summed E-state index contributed by atoms with van der Waals surface area (Å²) < 4.78 is 11.9. The van der Waals surface area contributed by atoms with E-state index in [4.69, 9.17) is 20.8 Å². The van der Waals surface area contributed by atoms with Gasteiger partial charge in [-0.3, -0.25) is 10.1 Å². The van der Waals surface area contributed by atoms with Crippen molar-refractivity contribution in [1.82, 2.24) is 14.8 Å². The van der Waals surface area contributed by atoms with Gasteiger partial charge in [0, 0.05) is 25.4 Å². The predicted octanol–water partition coefficient (Wildman–Crippen LogP) is 3.23. The van der Waals surface area contributed by atoms with E-state index in [1.54, 1.807) is 16.8 Å². The Labute approximate surface area is 169 Å². The van der Waals surface area contributed by atoms with Crippen LogP contribution in [-0.4, -0.2) is 33.8 Å². The lowest BCUT2D eigenvalue weighted by Gasteiger charge is -2.13. The van der Waals surface area contributed by atoms with Crippen LogP contribution < -0.4 is 21.0 Å². The van der Waals surface area contributed by atoms with Crippen LogP contribution in [0.1, 0.15) is 24.4 Å². The molecule has 0 saturated heterocycles. The number of rotatable bonds is 6. The molecule has 0 fully saturated rings. The number of aromatic nitrogens is 3. The van der Waals surface area contributed by atoms with Gasteiger partial charge >= 0.3 is 5.63 Å². The van der Waals surface area contributed by atoms with E-state index in [1.807, 2.05) is 20.9 Å². The Kier molecular flexibility index (Phi) is 5.71. The summed E-state index contributed by atoms with van der Waals surface area (Å²) in [6, 6.07) is 3.17. The molecule has 148 valence electrons. The fraction of sp³-hybridized carbons (Fsp3) is 0.294. The highest BCUT2D eigenvalue weighted by Gasteiger charge is 2.20. The van der Waals surface area contributed by atoms with E-state index >= 15 is 0 Å². The second kappa shape index (κ2) is 8.03. The van der Waals surface area contributed by atoms with Gasteiger partial charge in [-0.1, -0.05) is 22.9 Å². The molecule has 3 heterocycles. The third-order valence-corrected chi connectivity index (χ3v) is 4.80. The molecule has 0 aliphatic heterocycles. The molecule has 0 aromatic carbocycles. The number of carbonyl (C=O) groups is 1. The summed E-state index contributed by atoms with van der Waals surface area (Å²) in [7, 11) is 3.19. The van der Waals surface area contributed by atoms with Gasteiger partial charge in [-0.05, 0) is 19.9 Å². The lowest BCUT2D eigenvalue weighted by atomic mass is 10.2. The summed E-state index contributed by atoms with van der Waals surface area (Å²) in [6.07, 6.45) is 1.80. The van der Waals surface area contributed by atoms with Crippen LogP contribution in [0.3, 0.4) is 0 Å². The van der Waals surface area contributed by atoms with Crippen molar-refractivity contribution in [2.75, 3.05) is 17.7 Å². The predicted molar refractivity (Wildman–Crippen MR) is 108 cm³/mol. The highest BCUT2D eigenvalue weighted by molar-refractivity contribution is 7.18. The number of nitrogens with one attached hydrogen (secondary N) is 2. The first kappa shape index (κ1) is 19.9. The standard InChI is InChI=1S/C17H18ClN5O4S/c1-8(2)19-10-7-11(27-16(25)13(10)26-4)14(24)20-17-22-21-15(28-17)12-9(18)5-6-23(12)3/h5-8,19H,1-4H3,(H,20,22,24). The summed E-state index contributed by atoms with van der Waals surface area (Å²) >= 11 is 7.31. The van der Waals surface area contributed by atoms with Gasteiger partial charge in [0.15, 0.2) is 10.8 Å². The van der Waals surface area contributed by atoms with Crippen molar-refractivity contribution < 1.29 is 13.9 Å². The molecule has 0 atom stereocenters. The van der Waals surface area contributed by atoms with Gasteiger partial charge in [0.1, 0.15) is 0 Å². The van der Waals surface area contributed by atoms with Crippen molar-refractivity contribution in [2.45, 2.75) is 19.9 Å². The van der Waals surface area contributed by atoms with Gasteiger partial charge in [0.05, 0.1) is 23.5 Å². The number of hydrogen-bond acceptors (Lipinski definition) is 8. The van der Waals surface area contributed by atoms with Gasteiger partial charge in [0.25, 0.3) is 5.91 Å². The average Bonchev–Trinajstić information content (AvgIpc) is 3.20. The lowest BCUT2D eigenvalue weighted by Crippen LogP contribution is -2.19. The second-order valence-electron chi connectivity index (χ2n) is 6.13. The molecule has 3 rings (SSSR count). The van der Waals surface area contributed by atoms with E-state index in [-0.39, 0.29) is 22.7 Å². The summed E-state index contributed by atoms with van der Waals surface area (Å²) in [5.74, 6) is -0.809. The summed E-state index contributed by atoms with van der Waals surface area (Å²) in [4.78, 5) is 24.6. The first-order valence-electron chi connectivity index (χ1n) is 8.25. The van der Waals surface area contributed by atoms with Crippen molar-refractivity contribution >= 4 is 39.7 Å². The molecule has 2 N–H and O–H groups in total. The molecule has 1 amide bonds. The monoisotopic (exact) mass is 423 g/mol. The quantitative estimate of drug-likeness (QED) is 0.626. The molecule has 0 bridgehead atoms. The summed E-state index contributed by atoms with van der Waals surface area (Å²) in [6.45, 7) is 3.79. The first-order chi connectivity index (χ1) is 13.3. The van der Waals surface area contributed by atoms with Gasteiger partial charge in [-0.2, -0.15) is 0 Å². The Morgan fingerprint density at radius 2 is 2.14 bits per heavy atom. The first-order valence-corrected chi connectivity index (χ1v) is 9.44. The van der Waals surface area contributed by atoms with Crippen molar-refractivity contribution in [3.63, 3.8) is 0 Å². The Balaban J connectivity index is 1.86. The molecule has 0 unspecified atom stereocenters. The zero-order valence-electron chi connectivity index (χ0n) is 15.6. The number of carbonyl (C=O) groups excluding carboxylic acids is 1. The number of aryl methyl sites for hydroxylation is 1. The Hall–Kier alpha value is -2.85. The third-order valence-electron chi connectivity index (χ3n) is 3.65. The van der Waals surface area contributed by atoms with Crippen molar-refractivity contribution in [2.24, 2.45) is 7.05 Å². The lowest BCUT2D eigenvalue weighted by molar-refractivity contribution is 0.0991. The van der Waals surface area contributed by atoms with Crippen LogP contribution in [0.4, 0.5) is 10.8 Å². The van der Waals surface area contributed by atoms with E-state index in [9.17, 15) is 9.59 Å². The number of hydrogen-bond donors (Lipinski definition) is 2. The molecule has 9 nitrogen and oxygen atoms in total. The fourth-order valence-corrected chi connectivity index (χ4v) is 3.66.